The Morgan fingerprint density at radius 2 is 1.41 bits per heavy atom. The molecule has 3 atom stereocenters. The second-order valence-electron chi connectivity index (χ2n) is 6.54. The number of hydrogen-bond donors (Lipinski definition) is 7. The normalized spacial score (nSPS) is 13.7. The van der Waals surface area contributed by atoms with Gasteiger partial charge in [-0.2, -0.15) is 0 Å². The van der Waals surface area contributed by atoms with Gasteiger partial charge in [-0.05, 0) is 12.3 Å². The van der Waals surface area contributed by atoms with Crippen molar-refractivity contribution < 1.29 is 44.1 Å². The summed E-state index contributed by atoms with van der Waals surface area (Å²) in [6, 6.07) is -3.95. The number of carboxylic acid groups (broad SMARTS) is 3. The third-order valence-corrected chi connectivity index (χ3v) is 3.68. The van der Waals surface area contributed by atoms with E-state index in [1.165, 1.54) is 0 Å². The van der Waals surface area contributed by atoms with E-state index >= 15 is 0 Å². The van der Waals surface area contributed by atoms with Crippen LogP contribution < -0.4 is 21.7 Å². The van der Waals surface area contributed by atoms with Crippen molar-refractivity contribution in [2.75, 3.05) is 6.54 Å². The molecule has 0 aromatic rings. The predicted octanol–water partition coefficient (Wildman–Crippen LogP) is -2.52. The lowest BCUT2D eigenvalue weighted by atomic mass is 10.0. The zero-order valence-electron chi connectivity index (χ0n) is 16.0. The van der Waals surface area contributed by atoms with Crippen molar-refractivity contribution in [3.8, 4) is 0 Å². The number of carbonyl (C=O) groups is 6. The molecule has 8 N–H and O–H groups in total. The first-order chi connectivity index (χ1) is 13.3. The summed E-state index contributed by atoms with van der Waals surface area (Å²) in [7, 11) is 0. The van der Waals surface area contributed by atoms with Crippen molar-refractivity contribution in [3.63, 3.8) is 0 Å². The molecule has 164 valence electrons. The summed E-state index contributed by atoms with van der Waals surface area (Å²) in [6.07, 6.45) is -1.32. The van der Waals surface area contributed by atoms with Crippen LogP contribution in [0.25, 0.3) is 0 Å². The summed E-state index contributed by atoms with van der Waals surface area (Å²) < 4.78 is 0. The average Bonchev–Trinajstić information content (AvgIpc) is 2.60. The van der Waals surface area contributed by atoms with Crippen molar-refractivity contribution in [2.24, 2.45) is 11.7 Å². The number of rotatable bonds is 13. The Hall–Kier alpha value is -3.22. The highest BCUT2D eigenvalue weighted by Gasteiger charge is 2.31. The molecule has 0 aliphatic carbocycles. The largest absolute Gasteiger partial charge is 0.481 e. The van der Waals surface area contributed by atoms with Crippen LogP contribution in [0.1, 0.15) is 33.1 Å². The van der Waals surface area contributed by atoms with Crippen LogP contribution in [0.2, 0.25) is 0 Å². The highest BCUT2D eigenvalue weighted by atomic mass is 16.4. The molecule has 0 rings (SSSR count). The number of nitrogens with one attached hydrogen (secondary N) is 3. The first-order valence-corrected chi connectivity index (χ1v) is 8.64. The summed E-state index contributed by atoms with van der Waals surface area (Å²) in [5.74, 6) is -7.09. The Kier molecular flexibility index (Phi) is 10.9. The zero-order chi connectivity index (χ0) is 22.7. The molecule has 3 amide bonds. The third-order valence-electron chi connectivity index (χ3n) is 3.68. The Morgan fingerprint density at radius 1 is 0.828 bits per heavy atom. The van der Waals surface area contributed by atoms with E-state index < -0.39 is 72.6 Å². The van der Waals surface area contributed by atoms with E-state index in [4.69, 9.17) is 21.1 Å². The van der Waals surface area contributed by atoms with Crippen LogP contribution in [0.15, 0.2) is 0 Å². The van der Waals surface area contributed by atoms with Gasteiger partial charge in [0, 0.05) is 6.42 Å². The first kappa shape index (κ1) is 25.8. The molecule has 0 saturated carbocycles. The van der Waals surface area contributed by atoms with Gasteiger partial charge in [-0.25, -0.2) is 0 Å². The molecule has 0 radical (unpaired) electrons. The van der Waals surface area contributed by atoms with Crippen molar-refractivity contribution in [1.82, 2.24) is 16.0 Å². The number of nitrogens with two attached hydrogens (primary N) is 1. The van der Waals surface area contributed by atoms with Crippen molar-refractivity contribution in [3.05, 3.63) is 0 Å². The number of hydrogen-bond acceptors (Lipinski definition) is 7. The summed E-state index contributed by atoms with van der Waals surface area (Å²) in [4.78, 5) is 68.6. The predicted molar refractivity (Wildman–Crippen MR) is 96.4 cm³/mol. The first-order valence-electron chi connectivity index (χ1n) is 8.64. The van der Waals surface area contributed by atoms with Crippen LogP contribution in [0.5, 0.6) is 0 Å². The SMILES string of the molecule is CC(C)C(NC(=O)C(N)CCC(=O)O)C(=O)NC(CC(=O)O)C(=O)NCC(=O)O. The van der Waals surface area contributed by atoms with Gasteiger partial charge in [-0.15, -0.1) is 0 Å². The van der Waals surface area contributed by atoms with Gasteiger partial charge in [0.05, 0.1) is 12.5 Å². The highest BCUT2D eigenvalue weighted by Crippen LogP contribution is 2.05. The van der Waals surface area contributed by atoms with Gasteiger partial charge in [-0.3, -0.25) is 28.8 Å². The van der Waals surface area contributed by atoms with E-state index in [-0.39, 0.29) is 12.8 Å². The van der Waals surface area contributed by atoms with Gasteiger partial charge < -0.3 is 37.0 Å². The van der Waals surface area contributed by atoms with Crippen LogP contribution in [0, 0.1) is 5.92 Å². The molecule has 13 nitrogen and oxygen atoms in total. The molecule has 0 aromatic heterocycles. The number of amides is 3. The minimum Gasteiger partial charge on any atom is -0.481 e. The van der Waals surface area contributed by atoms with Gasteiger partial charge in [-0.1, -0.05) is 13.8 Å². The molecule has 3 unspecified atom stereocenters. The minimum atomic E-state index is -1.57. The molecule has 0 fully saturated rings. The second-order valence-corrected chi connectivity index (χ2v) is 6.54. The van der Waals surface area contributed by atoms with E-state index in [1.54, 1.807) is 13.8 Å². The van der Waals surface area contributed by atoms with Crippen LogP contribution in [-0.2, 0) is 28.8 Å². The van der Waals surface area contributed by atoms with Gasteiger partial charge in [0.15, 0.2) is 0 Å². The highest BCUT2D eigenvalue weighted by molar-refractivity contribution is 5.95. The summed E-state index contributed by atoms with van der Waals surface area (Å²) in [5.41, 5.74) is 5.59. The Balaban J connectivity index is 5.15. The maximum atomic E-state index is 12.5. The van der Waals surface area contributed by atoms with Crippen LogP contribution in [-0.4, -0.2) is 75.6 Å². The van der Waals surface area contributed by atoms with E-state index in [0.29, 0.717) is 0 Å². The zero-order valence-corrected chi connectivity index (χ0v) is 16.0. The van der Waals surface area contributed by atoms with E-state index in [9.17, 15) is 28.8 Å². The molecule has 0 heterocycles. The van der Waals surface area contributed by atoms with Gasteiger partial charge >= 0.3 is 17.9 Å². The molecule has 0 aromatic carbocycles. The van der Waals surface area contributed by atoms with Gasteiger partial charge in [0.1, 0.15) is 18.6 Å². The Labute approximate surface area is 166 Å². The molecule has 0 aliphatic heterocycles. The van der Waals surface area contributed by atoms with Crippen molar-refractivity contribution in [2.45, 2.75) is 51.2 Å². The molecular weight excluding hydrogens is 392 g/mol. The smallest absolute Gasteiger partial charge is 0.322 e. The Bertz CT molecular complexity index is 650. The fourth-order valence-corrected chi connectivity index (χ4v) is 2.14. The lowest BCUT2D eigenvalue weighted by Crippen LogP contribution is -2.58. The lowest BCUT2D eigenvalue weighted by molar-refractivity contribution is -0.142. The summed E-state index contributed by atoms with van der Waals surface area (Å²) in [6.45, 7) is 2.38. The van der Waals surface area contributed by atoms with Crippen LogP contribution in [0.4, 0.5) is 0 Å². The molecule has 0 spiro atoms. The molecular formula is C16H26N4O9. The maximum absolute atomic E-state index is 12.5. The molecule has 0 aliphatic rings. The molecule has 0 saturated heterocycles. The van der Waals surface area contributed by atoms with E-state index in [0.717, 1.165) is 0 Å². The fraction of sp³-hybridized carbons (Fsp3) is 0.625. The van der Waals surface area contributed by atoms with Crippen LogP contribution in [0.3, 0.4) is 0 Å². The van der Waals surface area contributed by atoms with Crippen molar-refractivity contribution >= 4 is 35.6 Å². The summed E-state index contributed by atoms with van der Waals surface area (Å²) in [5, 5.41) is 32.6. The third kappa shape index (κ3) is 10.6. The van der Waals surface area contributed by atoms with Crippen LogP contribution >= 0.6 is 0 Å². The standard InChI is InChI=1S/C16H26N4O9/c1-7(2)13(20-14(27)8(17)3-4-10(21)22)16(29)19-9(5-11(23)24)15(28)18-6-12(25)26/h7-9,13H,3-6,17H2,1-2H3,(H,18,28)(H,19,29)(H,20,27)(H,21,22)(H,23,24)(H,25,26). The summed E-state index contributed by atoms with van der Waals surface area (Å²) >= 11 is 0. The Morgan fingerprint density at radius 3 is 1.86 bits per heavy atom. The number of carbonyl (C=O) groups excluding carboxylic acids is 3. The fourth-order valence-electron chi connectivity index (χ4n) is 2.14. The number of aliphatic carboxylic acids is 3. The average molecular weight is 418 g/mol. The molecule has 13 heteroatoms. The molecule has 0 bridgehead atoms. The van der Waals surface area contributed by atoms with Gasteiger partial charge in [0.2, 0.25) is 17.7 Å². The van der Waals surface area contributed by atoms with E-state index in [1.807, 2.05) is 5.32 Å². The lowest BCUT2D eigenvalue weighted by Gasteiger charge is -2.25. The van der Waals surface area contributed by atoms with E-state index in [2.05, 4.69) is 10.6 Å². The number of carboxylic acids is 3. The quantitative estimate of drug-likeness (QED) is 0.166. The topological polar surface area (TPSA) is 225 Å². The maximum Gasteiger partial charge on any atom is 0.322 e. The van der Waals surface area contributed by atoms with Crippen molar-refractivity contribution in [1.29, 1.82) is 0 Å². The molecule has 29 heavy (non-hydrogen) atoms. The second kappa shape index (κ2) is 12.3. The monoisotopic (exact) mass is 418 g/mol. The van der Waals surface area contributed by atoms with Gasteiger partial charge in [0.25, 0.3) is 0 Å². The minimum absolute atomic E-state index is 0.160.